The van der Waals surface area contributed by atoms with Crippen LogP contribution in [0.15, 0.2) is 70.8 Å². The van der Waals surface area contributed by atoms with Crippen molar-refractivity contribution in [1.29, 1.82) is 0 Å². The van der Waals surface area contributed by atoms with Crippen LogP contribution < -0.4 is 14.4 Å². The average molecular weight is 474 g/mol. The Hall–Kier alpha value is -4.03. The van der Waals surface area contributed by atoms with Crippen molar-refractivity contribution in [3.05, 3.63) is 93.9 Å². The summed E-state index contributed by atoms with van der Waals surface area (Å²) in [6.45, 7) is 1.77. The molecule has 0 aliphatic carbocycles. The van der Waals surface area contributed by atoms with Crippen molar-refractivity contribution in [2.75, 3.05) is 19.0 Å². The highest BCUT2D eigenvalue weighted by atomic mass is 35.5. The van der Waals surface area contributed by atoms with Crippen LogP contribution >= 0.6 is 11.6 Å². The van der Waals surface area contributed by atoms with Crippen molar-refractivity contribution < 1.29 is 23.5 Å². The number of ether oxygens (including phenoxy) is 2. The van der Waals surface area contributed by atoms with Crippen LogP contribution in [0.1, 0.15) is 32.0 Å². The zero-order valence-electron chi connectivity index (χ0n) is 18.7. The Morgan fingerprint density at radius 1 is 1.03 bits per heavy atom. The molecule has 0 radical (unpaired) electrons. The third kappa shape index (κ3) is 4.04. The number of hydrogen-bond acceptors (Lipinski definition) is 6. The summed E-state index contributed by atoms with van der Waals surface area (Å²) < 4.78 is 16.9. The second-order valence-corrected chi connectivity index (χ2v) is 8.66. The zero-order valence-corrected chi connectivity index (χ0v) is 19.5. The minimum Gasteiger partial charge on any atom is -0.452 e. The lowest BCUT2D eigenvalue weighted by molar-refractivity contribution is 0.0703. The molecular formula is C27H20ClNO5. The third-order valence-corrected chi connectivity index (χ3v) is 5.78. The molecule has 0 atom stereocenters. The van der Waals surface area contributed by atoms with Gasteiger partial charge in [0.15, 0.2) is 5.76 Å². The number of benzene rings is 3. The standard InChI is InChI=1S/C27H20ClNO5/c1-15-10-20(32-27(31)24-13-17-12-18(28)6-9-21(17)33-24)14-22-25(15)26(30)23(34-22)11-16-4-7-19(8-5-16)29(2)3/h4-14H,1-3H3/b23-11-. The number of rotatable bonds is 4. The number of esters is 1. The number of anilines is 1. The quantitative estimate of drug-likeness (QED) is 0.197. The first-order chi connectivity index (χ1) is 16.3. The van der Waals surface area contributed by atoms with E-state index in [0.717, 1.165) is 11.3 Å². The maximum absolute atomic E-state index is 12.9. The number of fused-ring (bicyclic) bond motifs is 2. The Bertz CT molecular complexity index is 1480. The van der Waals surface area contributed by atoms with E-state index < -0.39 is 5.97 Å². The van der Waals surface area contributed by atoms with Crippen LogP contribution in [0.4, 0.5) is 5.69 Å². The number of aryl methyl sites for hydroxylation is 1. The van der Waals surface area contributed by atoms with E-state index >= 15 is 0 Å². The molecule has 0 saturated carbocycles. The van der Waals surface area contributed by atoms with Crippen molar-refractivity contribution in [2.45, 2.75) is 6.92 Å². The SMILES string of the molecule is Cc1cc(OC(=O)c2cc3cc(Cl)ccc3o2)cc2c1C(=O)/C(=C/c1ccc(N(C)C)cc1)O2. The van der Waals surface area contributed by atoms with E-state index in [2.05, 4.69) is 0 Å². The van der Waals surface area contributed by atoms with Gasteiger partial charge in [-0.05, 0) is 66.6 Å². The van der Waals surface area contributed by atoms with Gasteiger partial charge in [-0.2, -0.15) is 0 Å². The molecule has 6 nitrogen and oxygen atoms in total. The van der Waals surface area contributed by atoms with Crippen LogP contribution in [-0.2, 0) is 0 Å². The summed E-state index contributed by atoms with van der Waals surface area (Å²) in [4.78, 5) is 27.6. The number of carbonyl (C=O) groups is 2. The van der Waals surface area contributed by atoms with Crippen LogP contribution in [0.2, 0.25) is 5.02 Å². The van der Waals surface area contributed by atoms with Gasteiger partial charge in [0.25, 0.3) is 0 Å². The third-order valence-electron chi connectivity index (χ3n) is 5.54. The van der Waals surface area contributed by atoms with E-state index in [-0.39, 0.29) is 23.1 Å². The van der Waals surface area contributed by atoms with Crippen molar-refractivity contribution in [2.24, 2.45) is 0 Å². The van der Waals surface area contributed by atoms with Gasteiger partial charge < -0.3 is 18.8 Å². The highest BCUT2D eigenvalue weighted by Gasteiger charge is 2.30. The Morgan fingerprint density at radius 2 is 1.79 bits per heavy atom. The van der Waals surface area contributed by atoms with Crippen LogP contribution in [-0.4, -0.2) is 25.8 Å². The molecule has 0 N–H and O–H groups in total. The Morgan fingerprint density at radius 3 is 2.53 bits per heavy atom. The van der Waals surface area contributed by atoms with Gasteiger partial charge in [-0.3, -0.25) is 4.79 Å². The van der Waals surface area contributed by atoms with Crippen LogP contribution in [0.25, 0.3) is 17.0 Å². The van der Waals surface area contributed by atoms with E-state index in [9.17, 15) is 9.59 Å². The van der Waals surface area contributed by atoms with Gasteiger partial charge in [0.2, 0.25) is 11.5 Å². The van der Waals surface area contributed by atoms with Gasteiger partial charge in [0, 0.05) is 36.3 Å². The Balaban J connectivity index is 1.38. The minimum absolute atomic E-state index is 0.0502. The number of carbonyl (C=O) groups excluding carboxylic acids is 2. The van der Waals surface area contributed by atoms with Gasteiger partial charge in [-0.25, -0.2) is 4.79 Å². The molecule has 1 aliphatic heterocycles. The van der Waals surface area contributed by atoms with Crippen molar-refractivity contribution in [3.63, 3.8) is 0 Å². The highest BCUT2D eigenvalue weighted by Crippen LogP contribution is 2.38. The van der Waals surface area contributed by atoms with E-state index in [1.807, 2.05) is 43.3 Å². The molecule has 4 aromatic rings. The molecule has 1 aromatic heterocycles. The number of allylic oxidation sites excluding steroid dienone is 1. The zero-order chi connectivity index (χ0) is 24.0. The summed E-state index contributed by atoms with van der Waals surface area (Å²) in [6.07, 6.45) is 1.70. The lowest BCUT2D eigenvalue weighted by Gasteiger charge is -2.11. The molecule has 0 saturated heterocycles. The van der Waals surface area contributed by atoms with Gasteiger partial charge in [-0.1, -0.05) is 23.7 Å². The summed E-state index contributed by atoms with van der Waals surface area (Å²) in [5.74, 6) is -0.00375. The molecule has 1 aliphatic rings. The molecule has 34 heavy (non-hydrogen) atoms. The van der Waals surface area contributed by atoms with Crippen molar-refractivity contribution in [1.82, 2.24) is 0 Å². The number of Topliss-reactive ketones (excluding diaryl/α,β-unsaturated/α-hetero) is 1. The van der Waals surface area contributed by atoms with Crippen molar-refractivity contribution in [3.8, 4) is 11.5 Å². The predicted octanol–water partition coefficient (Wildman–Crippen LogP) is 6.30. The molecule has 0 amide bonds. The summed E-state index contributed by atoms with van der Waals surface area (Å²) >= 11 is 6.00. The van der Waals surface area contributed by atoms with Crippen LogP contribution in [0.3, 0.4) is 0 Å². The summed E-state index contributed by atoms with van der Waals surface area (Å²) in [6, 6.07) is 17.6. The average Bonchev–Trinajstić information content (AvgIpc) is 3.35. The maximum atomic E-state index is 12.9. The van der Waals surface area contributed by atoms with Crippen LogP contribution in [0, 0.1) is 6.92 Å². The second-order valence-electron chi connectivity index (χ2n) is 8.22. The largest absolute Gasteiger partial charge is 0.452 e. The fourth-order valence-electron chi connectivity index (χ4n) is 3.83. The molecule has 0 spiro atoms. The number of ketones is 1. The number of furan rings is 1. The van der Waals surface area contributed by atoms with Crippen LogP contribution in [0.5, 0.6) is 11.5 Å². The topological polar surface area (TPSA) is 69.0 Å². The lowest BCUT2D eigenvalue weighted by Crippen LogP contribution is -2.08. The summed E-state index contributed by atoms with van der Waals surface area (Å²) in [5.41, 5.74) is 3.53. The second kappa shape index (κ2) is 8.39. The van der Waals surface area contributed by atoms with E-state index in [0.29, 0.717) is 32.9 Å². The smallest absolute Gasteiger partial charge is 0.379 e. The number of nitrogens with zero attached hydrogens (tertiary/aromatic N) is 1. The molecule has 0 bridgehead atoms. The van der Waals surface area contributed by atoms with E-state index in [1.54, 1.807) is 43.3 Å². The Kier molecular flexibility index (Phi) is 5.38. The van der Waals surface area contributed by atoms with E-state index in [1.165, 1.54) is 6.07 Å². The molecule has 7 heteroatoms. The molecule has 0 unspecified atom stereocenters. The molecule has 3 aromatic carbocycles. The molecule has 170 valence electrons. The monoisotopic (exact) mass is 473 g/mol. The fraction of sp³-hybridized carbons (Fsp3) is 0.111. The van der Waals surface area contributed by atoms with Gasteiger partial charge >= 0.3 is 5.97 Å². The predicted molar refractivity (Wildman–Crippen MR) is 131 cm³/mol. The van der Waals surface area contributed by atoms with E-state index in [4.69, 9.17) is 25.5 Å². The highest BCUT2D eigenvalue weighted by molar-refractivity contribution is 6.31. The summed E-state index contributed by atoms with van der Waals surface area (Å²) in [5, 5.41) is 1.24. The lowest BCUT2D eigenvalue weighted by atomic mass is 10.0. The maximum Gasteiger partial charge on any atom is 0.379 e. The number of hydrogen-bond donors (Lipinski definition) is 0. The van der Waals surface area contributed by atoms with Gasteiger partial charge in [0.05, 0.1) is 5.56 Å². The number of halogens is 1. The minimum atomic E-state index is -0.659. The van der Waals surface area contributed by atoms with Gasteiger partial charge in [0.1, 0.15) is 17.1 Å². The Labute approximate surface area is 200 Å². The molecule has 5 rings (SSSR count). The first-order valence-corrected chi connectivity index (χ1v) is 10.9. The van der Waals surface area contributed by atoms with Gasteiger partial charge in [-0.15, -0.1) is 0 Å². The molecule has 2 heterocycles. The first kappa shape index (κ1) is 21.8. The molecule has 0 fully saturated rings. The summed E-state index contributed by atoms with van der Waals surface area (Å²) in [7, 11) is 3.93. The first-order valence-electron chi connectivity index (χ1n) is 10.6. The van der Waals surface area contributed by atoms with Crippen molar-refractivity contribution >= 4 is 46.1 Å². The fourth-order valence-corrected chi connectivity index (χ4v) is 4.01. The normalized spacial score (nSPS) is 13.8. The molecular weight excluding hydrogens is 454 g/mol.